The van der Waals surface area contributed by atoms with Crippen LogP contribution in [0.3, 0.4) is 0 Å². The molecule has 1 rings (SSSR count). The zero-order valence-corrected chi connectivity index (χ0v) is 10.3. The summed E-state index contributed by atoms with van der Waals surface area (Å²) in [7, 11) is 0. The SMILES string of the molecule is Cc1cc(C)c(C(Cl)CC(C)C)s1. The number of halogens is 1. The lowest BCUT2D eigenvalue weighted by Crippen LogP contribution is -1.95. The Balaban J connectivity index is 2.76. The van der Waals surface area contributed by atoms with E-state index in [2.05, 4.69) is 33.8 Å². The first kappa shape index (κ1) is 11.1. The van der Waals surface area contributed by atoms with Crippen molar-refractivity contribution in [2.24, 2.45) is 5.92 Å². The molecule has 1 unspecified atom stereocenters. The van der Waals surface area contributed by atoms with Gasteiger partial charge in [0.05, 0.1) is 5.38 Å². The smallest absolute Gasteiger partial charge is 0.0683 e. The van der Waals surface area contributed by atoms with Crippen LogP contribution in [0.15, 0.2) is 6.07 Å². The Labute approximate surface area is 89.9 Å². The molecular weight excluding hydrogens is 200 g/mol. The van der Waals surface area contributed by atoms with Gasteiger partial charge in [0.25, 0.3) is 0 Å². The molecule has 0 aliphatic heterocycles. The van der Waals surface area contributed by atoms with Gasteiger partial charge in [-0.15, -0.1) is 22.9 Å². The van der Waals surface area contributed by atoms with Crippen molar-refractivity contribution in [2.75, 3.05) is 0 Å². The van der Waals surface area contributed by atoms with E-state index in [-0.39, 0.29) is 5.38 Å². The summed E-state index contributed by atoms with van der Waals surface area (Å²) in [5, 5.41) is 0.207. The molecule has 0 radical (unpaired) electrons. The standard InChI is InChI=1S/C11H17ClS/c1-7(2)5-10(12)11-8(3)6-9(4)13-11/h6-7,10H,5H2,1-4H3. The van der Waals surface area contributed by atoms with Crippen molar-refractivity contribution in [2.45, 2.75) is 39.5 Å². The van der Waals surface area contributed by atoms with Gasteiger partial charge >= 0.3 is 0 Å². The fourth-order valence-corrected chi connectivity index (χ4v) is 3.18. The molecule has 13 heavy (non-hydrogen) atoms. The van der Waals surface area contributed by atoms with Crippen LogP contribution in [0.5, 0.6) is 0 Å². The maximum absolute atomic E-state index is 6.33. The zero-order valence-electron chi connectivity index (χ0n) is 8.73. The Morgan fingerprint density at radius 1 is 1.38 bits per heavy atom. The van der Waals surface area contributed by atoms with E-state index >= 15 is 0 Å². The van der Waals surface area contributed by atoms with Crippen molar-refractivity contribution < 1.29 is 0 Å². The molecular formula is C11H17ClS. The second kappa shape index (κ2) is 4.47. The second-order valence-electron chi connectivity index (χ2n) is 4.00. The third-order valence-electron chi connectivity index (χ3n) is 2.04. The fraction of sp³-hybridized carbons (Fsp3) is 0.636. The van der Waals surface area contributed by atoms with E-state index in [1.54, 1.807) is 0 Å². The summed E-state index contributed by atoms with van der Waals surface area (Å²) in [6.45, 7) is 8.71. The summed E-state index contributed by atoms with van der Waals surface area (Å²) in [6.07, 6.45) is 1.07. The first-order valence-corrected chi connectivity index (χ1v) is 5.97. The van der Waals surface area contributed by atoms with Crippen LogP contribution in [0, 0.1) is 19.8 Å². The van der Waals surface area contributed by atoms with Crippen molar-refractivity contribution in [3.63, 3.8) is 0 Å². The van der Waals surface area contributed by atoms with Crippen LogP contribution in [0.25, 0.3) is 0 Å². The van der Waals surface area contributed by atoms with E-state index in [1.807, 2.05) is 11.3 Å². The van der Waals surface area contributed by atoms with Crippen LogP contribution in [-0.2, 0) is 0 Å². The molecule has 0 fully saturated rings. The normalized spacial score (nSPS) is 13.7. The topological polar surface area (TPSA) is 0 Å². The van der Waals surface area contributed by atoms with Gasteiger partial charge in [-0.2, -0.15) is 0 Å². The molecule has 0 amide bonds. The first-order valence-electron chi connectivity index (χ1n) is 4.71. The van der Waals surface area contributed by atoms with Gasteiger partial charge in [-0.3, -0.25) is 0 Å². The van der Waals surface area contributed by atoms with Crippen LogP contribution in [0.2, 0.25) is 0 Å². The number of alkyl halides is 1. The molecule has 1 aromatic heterocycles. The minimum Gasteiger partial charge on any atom is -0.144 e. The highest BCUT2D eigenvalue weighted by Gasteiger charge is 2.14. The molecule has 0 bridgehead atoms. The second-order valence-corrected chi connectivity index (χ2v) is 5.82. The monoisotopic (exact) mass is 216 g/mol. The lowest BCUT2D eigenvalue weighted by molar-refractivity contribution is 0.577. The summed E-state index contributed by atoms with van der Waals surface area (Å²) in [5.74, 6) is 0.671. The van der Waals surface area contributed by atoms with Gasteiger partial charge in [0, 0.05) is 9.75 Å². The van der Waals surface area contributed by atoms with Crippen molar-refractivity contribution in [1.29, 1.82) is 0 Å². The third-order valence-corrected chi connectivity index (χ3v) is 3.83. The average molecular weight is 217 g/mol. The van der Waals surface area contributed by atoms with Gasteiger partial charge in [0.15, 0.2) is 0 Å². The largest absolute Gasteiger partial charge is 0.144 e. The maximum atomic E-state index is 6.33. The number of rotatable bonds is 3. The van der Waals surface area contributed by atoms with Gasteiger partial charge in [0.2, 0.25) is 0 Å². The van der Waals surface area contributed by atoms with E-state index in [9.17, 15) is 0 Å². The lowest BCUT2D eigenvalue weighted by atomic mass is 10.1. The molecule has 0 aromatic carbocycles. The summed E-state index contributed by atoms with van der Waals surface area (Å²) in [4.78, 5) is 2.72. The van der Waals surface area contributed by atoms with E-state index in [0.717, 1.165) is 6.42 Å². The average Bonchev–Trinajstić information content (AvgIpc) is 2.28. The third kappa shape index (κ3) is 2.99. The van der Waals surface area contributed by atoms with Crippen molar-refractivity contribution in [3.05, 3.63) is 21.4 Å². The molecule has 0 spiro atoms. The number of hydrogen-bond acceptors (Lipinski definition) is 1. The maximum Gasteiger partial charge on any atom is 0.0683 e. The minimum absolute atomic E-state index is 0.207. The summed E-state index contributed by atoms with van der Waals surface area (Å²) in [5.41, 5.74) is 1.35. The van der Waals surface area contributed by atoms with E-state index < -0.39 is 0 Å². The predicted molar refractivity (Wildman–Crippen MR) is 61.8 cm³/mol. The Kier molecular flexibility index (Phi) is 3.81. The molecule has 0 nitrogen and oxygen atoms in total. The Hall–Kier alpha value is -0.0100. The first-order chi connectivity index (χ1) is 6.00. The highest BCUT2D eigenvalue weighted by atomic mass is 35.5. The molecule has 1 heterocycles. The van der Waals surface area contributed by atoms with Crippen LogP contribution in [0.4, 0.5) is 0 Å². The van der Waals surface area contributed by atoms with Gasteiger partial charge < -0.3 is 0 Å². The number of aryl methyl sites for hydroxylation is 2. The number of hydrogen-bond donors (Lipinski definition) is 0. The van der Waals surface area contributed by atoms with Crippen LogP contribution in [-0.4, -0.2) is 0 Å². The quantitative estimate of drug-likeness (QED) is 0.643. The van der Waals surface area contributed by atoms with Crippen molar-refractivity contribution >= 4 is 22.9 Å². The molecule has 0 aliphatic rings. The molecule has 74 valence electrons. The summed E-state index contributed by atoms with van der Waals surface area (Å²) < 4.78 is 0. The Morgan fingerprint density at radius 3 is 2.38 bits per heavy atom. The Bertz CT molecular complexity index is 276. The van der Waals surface area contributed by atoms with Crippen LogP contribution < -0.4 is 0 Å². The predicted octanol–water partition coefficient (Wildman–Crippen LogP) is 4.69. The number of thiophene rings is 1. The van der Waals surface area contributed by atoms with Crippen LogP contribution in [0.1, 0.15) is 41.0 Å². The highest BCUT2D eigenvalue weighted by Crippen LogP contribution is 2.35. The van der Waals surface area contributed by atoms with Gasteiger partial charge in [-0.05, 0) is 37.8 Å². The van der Waals surface area contributed by atoms with E-state index in [1.165, 1.54) is 15.3 Å². The molecule has 1 aromatic rings. The highest BCUT2D eigenvalue weighted by molar-refractivity contribution is 7.12. The zero-order chi connectivity index (χ0) is 10.0. The van der Waals surface area contributed by atoms with Crippen molar-refractivity contribution in [1.82, 2.24) is 0 Å². The summed E-state index contributed by atoms with van der Waals surface area (Å²) in [6, 6.07) is 2.22. The van der Waals surface area contributed by atoms with E-state index in [4.69, 9.17) is 11.6 Å². The van der Waals surface area contributed by atoms with Gasteiger partial charge in [-0.25, -0.2) is 0 Å². The summed E-state index contributed by atoms with van der Waals surface area (Å²) >= 11 is 8.16. The molecule has 0 saturated heterocycles. The molecule has 1 atom stereocenters. The fourth-order valence-electron chi connectivity index (χ4n) is 1.49. The minimum atomic E-state index is 0.207. The molecule has 0 N–H and O–H groups in total. The molecule has 2 heteroatoms. The van der Waals surface area contributed by atoms with Gasteiger partial charge in [0.1, 0.15) is 0 Å². The van der Waals surface area contributed by atoms with Crippen molar-refractivity contribution in [3.8, 4) is 0 Å². The lowest BCUT2D eigenvalue weighted by Gasteiger charge is -2.10. The van der Waals surface area contributed by atoms with Crippen LogP contribution >= 0.6 is 22.9 Å². The van der Waals surface area contributed by atoms with Gasteiger partial charge in [-0.1, -0.05) is 13.8 Å². The molecule has 0 aliphatic carbocycles. The molecule has 0 saturated carbocycles. The Morgan fingerprint density at radius 2 is 2.00 bits per heavy atom. The van der Waals surface area contributed by atoms with E-state index in [0.29, 0.717) is 5.92 Å².